The SMILES string of the molecule is C=C.CC.O=C(O)Cc1c(Cl)cc(Br)cc1Cl. The van der Waals surface area contributed by atoms with Gasteiger partial charge in [0.25, 0.3) is 0 Å². The molecule has 0 aliphatic rings. The van der Waals surface area contributed by atoms with Gasteiger partial charge in [-0.3, -0.25) is 4.79 Å². The summed E-state index contributed by atoms with van der Waals surface area (Å²) in [6.07, 6.45) is -0.162. The monoisotopic (exact) mass is 340 g/mol. The molecule has 0 amide bonds. The molecule has 2 nitrogen and oxygen atoms in total. The molecule has 17 heavy (non-hydrogen) atoms. The fourth-order valence-corrected chi connectivity index (χ4v) is 2.23. The molecule has 96 valence electrons. The van der Waals surface area contributed by atoms with Gasteiger partial charge in [0.1, 0.15) is 0 Å². The fraction of sp³-hybridized carbons (Fsp3) is 0.250. The number of benzene rings is 1. The van der Waals surface area contributed by atoms with Crippen LogP contribution in [0.25, 0.3) is 0 Å². The maximum atomic E-state index is 10.4. The number of halogens is 3. The first-order valence-corrected chi connectivity index (χ1v) is 6.41. The summed E-state index contributed by atoms with van der Waals surface area (Å²) in [7, 11) is 0. The minimum absolute atomic E-state index is 0.162. The first-order chi connectivity index (χ1) is 8.00. The van der Waals surface area contributed by atoms with Crippen LogP contribution in [-0.4, -0.2) is 11.1 Å². The summed E-state index contributed by atoms with van der Waals surface area (Å²) < 4.78 is 0.733. The van der Waals surface area contributed by atoms with E-state index in [1.807, 2.05) is 13.8 Å². The largest absolute Gasteiger partial charge is 0.481 e. The lowest BCUT2D eigenvalue weighted by Crippen LogP contribution is -2.01. The molecule has 0 aliphatic carbocycles. The molecule has 1 aromatic rings. The van der Waals surface area contributed by atoms with Crippen molar-refractivity contribution in [3.63, 3.8) is 0 Å². The van der Waals surface area contributed by atoms with Crippen LogP contribution >= 0.6 is 39.1 Å². The quantitative estimate of drug-likeness (QED) is 0.749. The molecule has 0 spiro atoms. The average Bonchev–Trinajstić information content (AvgIpc) is 2.29. The fourth-order valence-electron chi connectivity index (χ4n) is 0.892. The minimum atomic E-state index is -0.953. The van der Waals surface area contributed by atoms with Gasteiger partial charge in [-0.05, 0) is 12.1 Å². The highest BCUT2D eigenvalue weighted by molar-refractivity contribution is 9.10. The summed E-state index contributed by atoms with van der Waals surface area (Å²) in [4.78, 5) is 10.4. The molecule has 0 bridgehead atoms. The summed E-state index contributed by atoms with van der Waals surface area (Å²) in [6.45, 7) is 10.0. The zero-order valence-corrected chi connectivity index (χ0v) is 12.9. The zero-order valence-electron chi connectivity index (χ0n) is 9.77. The van der Waals surface area contributed by atoms with Gasteiger partial charge in [-0.2, -0.15) is 0 Å². The summed E-state index contributed by atoms with van der Waals surface area (Å²) in [5.41, 5.74) is 0.444. The van der Waals surface area contributed by atoms with E-state index in [0.29, 0.717) is 15.6 Å². The number of carboxylic acids is 1. The maximum Gasteiger partial charge on any atom is 0.307 e. The Morgan fingerprint density at radius 1 is 1.29 bits per heavy atom. The molecule has 0 atom stereocenters. The Morgan fingerprint density at radius 2 is 1.65 bits per heavy atom. The summed E-state index contributed by atoms with van der Waals surface area (Å²) in [6, 6.07) is 3.23. The van der Waals surface area contributed by atoms with Crippen LogP contribution in [0.4, 0.5) is 0 Å². The normalized spacial score (nSPS) is 8.29. The molecule has 1 aromatic carbocycles. The third kappa shape index (κ3) is 7.42. The van der Waals surface area contributed by atoms with Crippen molar-refractivity contribution in [2.75, 3.05) is 0 Å². The lowest BCUT2D eigenvalue weighted by Gasteiger charge is -2.04. The standard InChI is InChI=1S/C8H5BrCl2O2.C2H6.C2H4/c9-4-1-6(10)5(3-8(12)13)7(11)2-4;2*1-2/h1-2H,3H2,(H,12,13);1-2H3;1-2H2. The van der Waals surface area contributed by atoms with Crippen LogP contribution in [0.5, 0.6) is 0 Å². The predicted octanol–water partition coefficient (Wildman–Crippen LogP) is 5.21. The van der Waals surface area contributed by atoms with Gasteiger partial charge in [-0.1, -0.05) is 53.0 Å². The van der Waals surface area contributed by atoms with Crippen molar-refractivity contribution in [1.29, 1.82) is 0 Å². The number of rotatable bonds is 2. The topological polar surface area (TPSA) is 37.3 Å². The number of aliphatic carboxylic acids is 1. The van der Waals surface area contributed by atoms with Crippen LogP contribution in [0.2, 0.25) is 10.0 Å². The Hall–Kier alpha value is -0.510. The lowest BCUT2D eigenvalue weighted by molar-refractivity contribution is -0.136. The lowest BCUT2D eigenvalue weighted by atomic mass is 10.1. The van der Waals surface area contributed by atoms with E-state index in [4.69, 9.17) is 28.3 Å². The summed E-state index contributed by atoms with van der Waals surface area (Å²) >= 11 is 14.8. The van der Waals surface area contributed by atoms with E-state index in [2.05, 4.69) is 29.1 Å². The highest BCUT2D eigenvalue weighted by Gasteiger charge is 2.10. The van der Waals surface area contributed by atoms with Crippen LogP contribution in [0.15, 0.2) is 29.8 Å². The van der Waals surface area contributed by atoms with Gasteiger partial charge in [0, 0.05) is 20.1 Å². The molecule has 5 heteroatoms. The second-order valence-electron chi connectivity index (χ2n) is 2.42. The van der Waals surface area contributed by atoms with E-state index in [9.17, 15) is 4.79 Å². The molecule has 1 N–H and O–H groups in total. The third-order valence-corrected chi connectivity index (χ3v) is 2.57. The molecular weight excluding hydrogens is 327 g/mol. The van der Waals surface area contributed by atoms with Gasteiger partial charge in [0.15, 0.2) is 0 Å². The van der Waals surface area contributed by atoms with Crippen molar-refractivity contribution in [2.24, 2.45) is 0 Å². The van der Waals surface area contributed by atoms with Crippen molar-refractivity contribution in [1.82, 2.24) is 0 Å². The van der Waals surface area contributed by atoms with E-state index < -0.39 is 5.97 Å². The van der Waals surface area contributed by atoms with Gasteiger partial charge in [-0.15, -0.1) is 13.2 Å². The van der Waals surface area contributed by atoms with E-state index in [-0.39, 0.29) is 6.42 Å². The van der Waals surface area contributed by atoms with Crippen molar-refractivity contribution in [2.45, 2.75) is 20.3 Å². The number of hydrogen-bond donors (Lipinski definition) is 1. The third-order valence-electron chi connectivity index (χ3n) is 1.43. The van der Waals surface area contributed by atoms with Crippen molar-refractivity contribution < 1.29 is 9.90 Å². The highest BCUT2D eigenvalue weighted by atomic mass is 79.9. The van der Waals surface area contributed by atoms with Gasteiger partial charge in [-0.25, -0.2) is 0 Å². The van der Waals surface area contributed by atoms with E-state index in [0.717, 1.165) is 4.47 Å². The zero-order chi connectivity index (χ0) is 14.0. The molecule has 0 radical (unpaired) electrons. The second-order valence-corrected chi connectivity index (χ2v) is 4.15. The Morgan fingerprint density at radius 3 is 1.94 bits per heavy atom. The number of carboxylic acid groups (broad SMARTS) is 1. The van der Waals surface area contributed by atoms with Crippen LogP contribution in [0.1, 0.15) is 19.4 Å². The first-order valence-electron chi connectivity index (χ1n) is 4.86. The number of hydrogen-bond acceptors (Lipinski definition) is 1. The average molecular weight is 342 g/mol. The van der Waals surface area contributed by atoms with Crippen LogP contribution in [0, 0.1) is 0 Å². The van der Waals surface area contributed by atoms with E-state index in [1.165, 1.54) is 0 Å². The van der Waals surface area contributed by atoms with Crippen LogP contribution in [-0.2, 0) is 11.2 Å². The molecule has 0 saturated heterocycles. The minimum Gasteiger partial charge on any atom is -0.481 e. The molecule has 0 saturated carbocycles. The molecule has 1 rings (SSSR count). The van der Waals surface area contributed by atoms with Gasteiger partial charge < -0.3 is 5.11 Å². The van der Waals surface area contributed by atoms with Gasteiger partial charge in [0.05, 0.1) is 6.42 Å². The summed E-state index contributed by atoms with van der Waals surface area (Å²) in [5.74, 6) is -0.953. The Kier molecular flexibility index (Phi) is 11.8. The van der Waals surface area contributed by atoms with E-state index >= 15 is 0 Å². The molecule has 0 aliphatic heterocycles. The molecule has 0 heterocycles. The smallest absolute Gasteiger partial charge is 0.307 e. The first kappa shape index (κ1) is 18.8. The Bertz CT molecular complexity index is 345. The van der Waals surface area contributed by atoms with Gasteiger partial charge >= 0.3 is 5.97 Å². The highest BCUT2D eigenvalue weighted by Crippen LogP contribution is 2.29. The molecular formula is C12H15BrCl2O2. The predicted molar refractivity (Wildman–Crippen MR) is 78.1 cm³/mol. The number of carbonyl (C=O) groups is 1. The van der Waals surface area contributed by atoms with Crippen molar-refractivity contribution in [3.05, 3.63) is 45.4 Å². The Labute approximate surface area is 120 Å². The molecule has 0 fully saturated rings. The van der Waals surface area contributed by atoms with E-state index in [1.54, 1.807) is 12.1 Å². The van der Waals surface area contributed by atoms with Crippen molar-refractivity contribution in [3.8, 4) is 0 Å². The molecule has 0 unspecified atom stereocenters. The van der Waals surface area contributed by atoms with Crippen molar-refractivity contribution >= 4 is 45.1 Å². The van der Waals surface area contributed by atoms with Gasteiger partial charge in [0.2, 0.25) is 0 Å². The second kappa shape index (κ2) is 10.6. The molecule has 0 aromatic heterocycles. The van der Waals surface area contributed by atoms with Crippen LogP contribution in [0.3, 0.4) is 0 Å². The summed E-state index contributed by atoms with van der Waals surface area (Å²) in [5, 5.41) is 9.28. The van der Waals surface area contributed by atoms with Crippen LogP contribution < -0.4 is 0 Å². The Balaban J connectivity index is 0. The maximum absolute atomic E-state index is 10.4.